The summed E-state index contributed by atoms with van der Waals surface area (Å²) in [6, 6.07) is 7.14. The highest BCUT2D eigenvalue weighted by molar-refractivity contribution is 5.98. The van der Waals surface area contributed by atoms with Gasteiger partial charge < -0.3 is 15.5 Å². The Morgan fingerprint density at radius 2 is 1.86 bits per heavy atom. The third-order valence-electron chi connectivity index (χ3n) is 5.87. The monoisotopic (exact) mass is 403 g/mol. The first-order chi connectivity index (χ1) is 13.1. The van der Waals surface area contributed by atoms with Gasteiger partial charge >= 0.3 is 0 Å². The van der Waals surface area contributed by atoms with Crippen LogP contribution in [0.1, 0.15) is 36.0 Å². The fourth-order valence-electron chi connectivity index (χ4n) is 4.38. The van der Waals surface area contributed by atoms with Gasteiger partial charge in [-0.15, -0.1) is 25.6 Å². The average Bonchev–Trinajstić information content (AvgIpc) is 3.13. The van der Waals surface area contributed by atoms with E-state index in [9.17, 15) is 9.59 Å². The molecular formula is C22H30ClN3O2. The van der Waals surface area contributed by atoms with Crippen molar-refractivity contribution in [2.75, 3.05) is 31.5 Å². The molecule has 5 nitrogen and oxygen atoms in total. The number of rotatable bonds is 7. The number of hydrogen-bond donors (Lipinski definition) is 2. The van der Waals surface area contributed by atoms with Crippen molar-refractivity contribution in [2.24, 2.45) is 11.3 Å². The third kappa shape index (κ3) is 4.47. The summed E-state index contributed by atoms with van der Waals surface area (Å²) >= 11 is 0. The highest BCUT2D eigenvalue weighted by atomic mass is 35.5. The maximum Gasteiger partial charge on any atom is 0.254 e. The molecule has 1 aromatic carbocycles. The minimum atomic E-state index is -0.280. The Hall–Kier alpha value is -2.11. The van der Waals surface area contributed by atoms with E-state index >= 15 is 0 Å². The number of benzene rings is 1. The van der Waals surface area contributed by atoms with Crippen molar-refractivity contribution in [2.45, 2.75) is 25.7 Å². The molecule has 2 aliphatic rings. The summed E-state index contributed by atoms with van der Waals surface area (Å²) in [5.41, 5.74) is 1.05. The molecule has 2 fully saturated rings. The lowest BCUT2D eigenvalue weighted by Gasteiger charge is -2.37. The Morgan fingerprint density at radius 1 is 1.18 bits per heavy atom. The normalized spacial score (nSPS) is 23.1. The molecule has 1 aliphatic heterocycles. The van der Waals surface area contributed by atoms with E-state index in [4.69, 9.17) is 0 Å². The summed E-state index contributed by atoms with van der Waals surface area (Å²) in [6.07, 6.45) is 7.80. The predicted molar refractivity (Wildman–Crippen MR) is 116 cm³/mol. The SMILES string of the molecule is C=CCN(CC=C)C(=O)c1ccc(NC(=O)[C@@]23CCCC[C@H]2CNC3)cc1.Cl. The van der Waals surface area contributed by atoms with E-state index in [1.807, 2.05) is 12.1 Å². The zero-order valence-corrected chi connectivity index (χ0v) is 17.1. The first kappa shape index (κ1) is 22.2. The van der Waals surface area contributed by atoms with E-state index in [0.717, 1.165) is 38.0 Å². The van der Waals surface area contributed by atoms with E-state index in [2.05, 4.69) is 23.8 Å². The Bertz CT molecular complexity index is 709. The Kier molecular flexibility index (Phi) is 7.84. The second-order valence-electron chi connectivity index (χ2n) is 7.55. The van der Waals surface area contributed by atoms with Crippen molar-refractivity contribution in [3.63, 3.8) is 0 Å². The van der Waals surface area contributed by atoms with E-state index in [-0.39, 0.29) is 29.6 Å². The lowest BCUT2D eigenvalue weighted by Crippen LogP contribution is -2.44. The minimum absolute atomic E-state index is 0. The zero-order chi connectivity index (χ0) is 19.3. The molecule has 3 rings (SSSR count). The van der Waals surface area contributed by atoms with Crippen LogP contribution in [-0.4, -0.2) is 42.9 Å². The summed E-state index contributed by atoms with van der Waals surface area (Å²) in [5, 5.41) is 6.49. The molecule has 0 spiro atoms. The van der Waals surface area contributed by atoms with Crippen molar-refractivity contribution >= 4 is 29.9 Å². The summed E-state index contributed by atoms with van der Waals surface area (Å²) in [7, 11) is 0. The first-order valence-corrected chi connectivity index (χ1v) is 9.74. The Labute approximate surface area is 173 Å². The van der Waals surface area contributed by atoms with Gasteiger partial charge in [0.1, 0.15) is 0 Å². The van der Waals surface area contributed by atoms with Crippen LogP contribution in [-0.2, 0) is 4.79 Å². The average molecular weight is 404 g/mol. The van der Waals surface area contributed by atoms with E-state index in [1.165, 1.54) is 6.42 Å². The van der Waals surface area contributed by atoms with Crippen molar-refractivity contribution in [3.8, 4) is 0 Å². The number of hydrogen-bond acceptors (Lipinski definition) is 3. The summed E-state index contributed by atoms with van der Waals surface area (Å²) in [4.78, 5) is 27.3. The number of fused-ring (bicyclic) bond motifs is 1. The maximum atomic E-state index is 13.0. The van der Waals surface area contributed by atoms with Crippen molar-refractivity contribution in [1.29, 1.82) is 0 Å². The molecule has 1 heterocycles. The van der Waals surface area contributed by atoms with Gasteiger partial charge in [-0.1, -0.05) is 25.0 Å². The molecule has 6 heteroatoms. The second kappa shape index (κ2) is 9.89. The molecule has 0 unspecified atom stereocenters. The molecule has 1 saturated carbocycles. The highest BCUT2D eigenvalue weighted by Crippen LogP contribution is 2.44. The van der Waals surface area contributed by atoms with Crippen LogP contribution in [0.5, 0.6) is 0 Å². The topological polar surface area (TPSA) is 61.4 Å². The zero-order valence-electron chi connectivity index (χ0n) is 16.3. The molecule has 1 aliphatic carbocycles. The van der Waals surface area contributed by atoms with Gasteiger partial charge in [0.2, 0.25) is 5.91 Å². The lowest BCUT2D eigenvalue weighted by atomic mass is 9.67. The number of halogens is 1. The van der Waals surface area contributed by atoms with Gasteiger partial charge in [0.25, 0.3) is 5.91 Å². The fourth-order valence-corrected chi connectivity index (χ4v) is 4.38. The molecule has 1 aromatic rings. The Morgan fingerprint density at radius 3 is 2.50 bits per heavy atom. The van der Waals surface area contributed by atoms with E-state index in [1.54, 1.807) is 29.2 Å². The molecule has 2 amide bonds. The number of amides is 2. The molecule has 0 aromatic heterocycles. The van der Waals surface area contributed by atoms with Gasteiger partial charge in [0.15, 0.2) is 0 Å². The molecule has 0 bridgehead atoms. The molecule has 2 atom stereocenters. The van der Waals surface area contributed by atoms with Gasteiger partial charge in [-0.2, -0.15) is 0 Å². The van der Waals surface area contributed by atoms with Crippen molar-refractivity contribution < 1.29 is 9.59 Å². The standard InChI is InChI=1S/C22H29N3O2.ClH/c1-3-13-25(14-4-2)20(26)17-8-10-19(11-9-17)24-21(27)22-12-6-5-7-18(22)15-23-16-22;/h3-4,8-11,18,23H,1-2,5-7,12-16H2,(H,24,27);1H/t18-,22+;/m0./s1. The predicted octanol–water partition coefficient (Wildman–Crippen LogP) is 3.64. The van der Waals surface area contributed by atoms with E-state index < -0.39 is 0 Å². The maximum absolute atomic E-state index is 13.0. The Balaban J connectivity index is 0.00000280. The fraction of sp³-hybridized carbons (Fsp3) is 0.455. The number of carbonyl (C=O) groups excluding carboxylic acids is 2. The van der Waals surface area contributed by atoms with Gasteiger partial charge in [-0.25, -0.2) is 0 Å². The number of nitrogens with one attached hydrogen (secondary N) is 2. The van der Waals surface area contributed by atoms with Crippen LogP contribution in [0.15, 0.2) is 49.6 Å². The van der Waals surface area contributed by atoms with Crippen LogP contribution in [0.2, 0.25) is 0 Å². The molecular weight excluding hydrogens is 374 g/mol. The smallest absolute Gasteiger partial charge is 0.254 e. The summed E-state index contributed by atoms with van der Waals surface area (Å²) in [6.45, 7) is 10.0. The summed E-state index contributed by atoms with van der Waals surface area (Å²) in [5.74, 6) is 0.466. The first-order valence-electron chi connectivity index (χ1n) is 9.74. The lowest BCUT2D eigenvalue weighted by molar-refractivity contribution is -0.128. The highest BCUT2D eigenvalue weighted by Gasteiger charge is 2.49. The number of anilines is 1. The molecule has 152 valence electrons. The molecule has 2 N–H and O–H groups in total. The van der Waals surface area contributed by atoms with Crippen LogP contribution >= 0.6 is 12.4 Å². The van der Waals surface area contributed by atoms with Crippen molar-refractivity contribution in [1.82, 2.24) is 10.2 Å². The van der Waals surface area contributed by atoms with Crippen LogP contribution < -0.4 is 10.6 Å². The largest absolute Gasteiger partial charge is 0.331 e. The molecule has 0 radical (unpaired) electrons. The van der Waals surface area contributed by atoms with Crippen LogP contribution in [0.25, 0.3) is 0 Å². The van der Waals surface area contributed by atoms with Gasteiger partial charge in [-0.05, 0) is 49.6 Å². The minimum Gasteiger partial charge on any atom is -0.331 e. The number of carbonyl (C=O) groups is 2. The van der Waals surface area contributed by atoms with E-state index in [0.29, 0.717) is 24.6 Å². The second-order valence-corrected chi connectivity index (χ2v) is 7.55. The number of nitrogens with zero attached hydrogens (tertiary/aromatic N) is 1. The third-order valence-corrected chi connectivity index (χ3v) is 5.87. The quantitative estimate of drug-likeness (QED) is 0.683. The van der Waals surface area contributed by atoms with Gasteiger partial charge in [0, 0.05) is 30.9 Å². The van der Waals surface area contributed by atoms with Gasteiger partial charge in [-0.3, -0.25) is 9.59 Å². The van der Waals surface area contributed by atoms with Crippen LogP contribution in [0.3, 0.4) is 0 Å². The van der Waals surface area contributed by atoms with Crippen molar-refractivity contribution in [3.05, 3.63) is 55.1 Å². The molecule has 1 saturated heterocycles. The van der Waals surface area contributed by atoms with Gasteiger partial charge in [0.05, 0.1) is 5.41 Å². The summed E-state index contributed by atoms with van der Waals surface area (Å²) < 4.78 is 0. The molecule has 28 heavy (non-hydrogen) atoms. The van der Waals surface area contributed by atoms with Crippen LogP contribution in [0.4, 0.5) is 5.69 Å². The van der Waals surface area contributed by atoms with Crippen LogP contribution in [0, 0.1) is 11.3 Å².